The van der Waals surface area contributed by atoms with E-state index < -0.39 is 0 Å². The summed E-state index contributed by atoms with van der Waals surface area (Å²) in [7, 11) is -0.393. The van der Waals surface area contributed by atoms with E-state index in [1.165, 1.54) is 0 Å². The molecule has 0 saturated heterocycles. The molecule has 2 atom stereocenters. The zero-order valence-corrected chi connectivity index (χ0v) is 25.9. The zero-order valence-electron chi connectivity index (χ0n) is 24.2. The van der Waals surface area contributed by atoms with Crippen LogP contribution in [0.15, 0.2) is 24.3 Å². The average molecular weight is 523 g/mol. The normalized spacial score (nSPS) is 44.7. The van der Waals surface area contributed by atoms with Gasteiger partial charge in [-0.1, -0.05) is 81.7 Å². The molecule has 8 fully saturated rings. The molecule has 36 heavy (non-hydrogen) atoms. The van der Waals surface area contributed by atoms with E-state index in [9.17, 15) is 0 Å². The Morgan fingerprint density at radius 1 is 0.500 bits per heavy atom. The lowest BCUT2D eigenvalue weighted by molar-refractivity contribution is 0.0350. The molecule has 2 unspecified atom stereocenters. The van der Waals surface area contributed by atoms with Gasteiger partial charge in [0.1, 0.15) is 0 Å². The lowest BCUT2D eigenvalue weighted by atomic mass is 9.56. The molecule has 198 valence electrons. The van der Waals surface area contributed by atoms with E-state index in [1.807, 2.05) is 10.6 Å². The summed E-state index contributed by atoms with van der Waals surface area (Å²) >= 11 is 0. The van der Waals surface area contributed by atoms with Crippen molar-refractivity contribution in [3.8, 4) is 0 Å². The Hall–Kier alpha value is 0.0800. The van der Waals surface area contributed by atoms with Crippen LogP contribution in [0.5, 0.6) is 0 Å². The maximum Gasteiger partial charge on any atom is -0.00415 e. The van der Waals surface area contributed by atoms with Crippen LogP contribution in [0.25, 0.3) is 0 Å². The lowest BCUT2D eigenvalue weighted by Gasteiger charge is -2.64. The highest BCUT2D eigenvalue weighted by Gasteiger charge is 2.60. The minimum atomic E-state index is -0.196. The second-order valence-corrected chi connectivity index (χ2v) is 23.7. The number of hydrogen-bond donors (Lipinski definition) is 0. The van der Waals surface area contributed by atoms with E-state index in [-0.39, 0.29) is 15.8 Å². The van der Waals surface area contributed by atoms with Gasteiger partial charge in [0.05, 0.1) is 0 Å². The summed E-state index contributed by atoms with van der Waals surface area (Å²) in [6.07, 6.45) is 18.7. The van der Waals surface area contributed by atoms with Crippen LogP contribution in [0.2, 0.25) is 0 Å². The summed E-state index contributed by atoms with van der Waals surface area (Å²) in [6.45, 7) is 15.8. The molecule has 1 aromatic rings. The predicted octanol–water partition coefficient (Wildman–Crippen LogP) is 9.44. The van der Waals surface area contributed by atoms with Crippen LogP contribution in [0.4, 0.5) is 0 Å². The van der Waals surface area contributed by atoms with Gasteiger partial charge in [-0.25, -0.2) is 0 Å². The molecule has 0 heterocycles. The van der Waals surface area contributed by atoms with Crippen molar-refractivity contribution in [3.05, 3.63) is 24.3 Å². The third kappa shape index (κ3) is 3.96. The Kier molecular flexibility index (Phi) is 5.78. The molecule has 0 spiro atoms. The molecule has 0 aliphatic heterocycles. The Morgan fingerprint density at radius 2 is 0.750 bits per heavy atom. The second kappa shape index (κ2) is 8.30. The molecule has 8 bridgehead atoms. The van der Waals surface area contributed by atoms with Gasteiger partial charge in [0, 0.05) is 0 Å². The van der Waals surface area contributed by atoms with E-state index in [0.717, 1.165) is 35.5 Å². The van der Waals surface area contributed by atoms with E-state index in [1.54, 1.807) is 77.0 Å². The van der Waals surface area contributed by atoms with Crippen LogP contribution in [-0.2, 0) is 0 Å². The van der Waals surface area contributed by atoms with Crippen molar-refractivity contribution in [2.24, 2.45) is 35.5 Å². The molecule has 0 nitrogen and oxygen atoms in total. The summed E-state index contributed by atoms with van der Waals surface area (Å²) in [5.41, 5.74) is 0. The Morgan fingerprint density at radius 3 is 0.972 bits per heavy atom. The molecule has 2 heteroatoms. The molecule has 9 rings (SSSR count). The van der Waals surface area contributed by atoms with E-state index >= 15 is 0 Å². The third-order valence-electron chi connectivity index (χ3n) is 11.7. The van der Waals surface area contributed by atoms with Gasteiger partial charge < -0.3 is 0 Å². The van der Waals surface area contributed by atoms with Crippen LogP contribution < -0.4 is 10.6 Å². The smallest absolute Gasteiger partial charge is 0.00415 e. The van der Waals surface area contributed by atoms with Gasteiger partial charge in [-0.05, 0) is 144 Å². The van der Waals surface area contributed by atoms with Crippen molar-refractivity contribution in [1.82, 2.24) is 0 Å². The quantitative estimate of drug-likeness (QED) is 0.346. The van der Waals surface area contributed by atoms with Gasteiger partial charge in [-0.3, -0.25) is 0 Å². The fourth-order valence-corrected chi connectivity index (χ4v) is 21.8. The van der Waals surface area contributed by atoms with Gasteiger partial charge in [-0.15, -0.1) is 0 Å². The van der Waals surface area contributed by atoms with E-state index in [2.05, 4.69) is 65.8 Å². The van der Waals surface area contributed by atoms with Crippen molar-refractivity contribution in [1.29, 1.82) is 0 Å². The SMILES string of the molecule is CC(C)(C)P(c1ccccc1P(C(C)(C)C)C12CC3CC(CC(C3)C1)C2)C12CC3CC(CC(C3)C1)C2. The summed E-state index contributed by atoms with van der Waals surface area (Å²) in [4.78, 5) is 0. The van der Waals surface area contributed by atoms with Crippen molar-refractivity contribution in [3.63, 3.8) is 0 Å². The predicted molar refractivity (Wildman–Crippen MR) is 161 cm³/mol. The van der Waals surface area contributed by atoms with Crippen LogP contribution >= 0.6 is 15.8 Å². The Balaban J connectivity index is 1.37. The first kappa shape index (κ1) is 25.1. The molecule has 0 aromatic heterocycles. The molecule has 0 N–H and O–H groups in total. The van der Waals surface area contributed by atoms with Crippen molar-refractivity contribution in [2.45, 2.75) is 139 Å². The minimum Gasteiger partial charge on any atom is -0.0627 e. The topological polar surface area (TPSA) is 0 Å². The fourth-order valence-electron chi connectivity index (χ4n) is 12.2. The first-order valence-corrected chi connectivity index (χ1v) is 18.3. The Labute approximate surface area is 225 Å². The van der Waals surface area contributed by atoms with Gasteiger partial charge in [0.2, 0.25) is 0 Å². The number of benzene rings is 1. The van der Waals surface area contributed by atoms with Crippen LogP contribution in [0, 0.1) is 35.5 Å². The summed E-state index contributed by atoms with van der Waals surface area (Å²) in [6, 6.07) is 10.3. The monoisotopic (exact) mass is 522 g/mol. The maximum absolute atomic E-state index is 2.69. The van der Waals surface area contributed by atoms with E-state index in [4.69, 9.17) is 0 Å². The van der Waals surface area contributed by atoms with Crippen molar-refractivity contribution >= 4 is 26.5 Å². The molecule has 8 saturated carbocycles. The first-order valence-electron chi connectivity index (χ1n) is 15.6. The molecule has 8 aliphatic carbocycles. The molecule has 0 radical (unpaired) electrons. The second-order valence-electron chi connectivity index (χ2n) is 16.8. The largest absolute Gasteiger partial charge is 0.0627 e. The summed E-state index contributed by atoms with van der Waals surface area (Å²) in [5, 5.41) is 5.80. The van der Waals surface area contributed by atoms with Gasteiger partial charge in [0.15, 0.2) is 0 Å². The molecular formula is C34H52P2. The van der Waals surface area contributed by atoms with Gasteiger partial charge in [0.25, 0.3) is 0 Å². The summed E-state index contributed by atoms with van der Waals surface area (Å²) < 4.78 is 0. The average Bonchev–Trinajstić information content (AvgIpc) is 2.71. The maximum atomic E-state index is 2.69. The number of rotatable bonds is 4. The molecule has 0 amide bonds. The highest BCUT2D eigenvalue weighted by molar-refractivity contribution is 7.74. The van der Waals surface area contributed by atoms with Crippen LogP contribution in [0.1, 0.15) is 119 Å². The molecule has 1 aromatic carbocycles. The minimum absolute atomic E-state index is 0.196. The Bertz CT molecular complexity index is 855. The van der Waals surface area contributed by atoms with Crippen LogP contribution in [0.3, 0.4) is 0 Å². The standard InChI is InChI=1S/C34H52P2/c1-31(2,3)35(33-17-23-11-24(18-33)13-25(12-23)19-33)29-9-7-8-10-30(29)36(32(4,5)6)34-20-26-14-27(21-34)16-28(15-26)22-34/h7-10,23-28H,11-22H2,1-6H3. The van der Waals surface area contributed by atoms with Crippen molar-refractivity contribution < 1.29 is 0 Å². The zero-order chi connectivity index (χ0) is 25.1. The summed E-state index contributed by atoms with van der Waals surface area (Å²) in [5.74, 6) is 6.27. The van der Waals surface area contributed by atoms with Crippen LogP contribution in [-0.4, -0.2) is 20.6 Å². The van der Waals surface area contributed by atoms with E-state index in [0.29, 0.717) is 20.6 Å². The lowest BCUT2D eigenvalue weighted by Crippen LogP contribution is -2.56. The molecule has 8 aliphatic rings. The van der Waals surface area contributed by atoms with Gasteiger partial charge >= 0.3 is 0 Å². The number of hydrogen-bond acceptors (Lipinski definition) is 0. The van der Waals surface area contributed by atoms with Crippen molar-refractivity contribution in [2.75, 3.05) is 0 Å². The van der Waals surface area contributed by atoms with Gasteiger partial charge in [-0.2, -0.15) is 0 Å². The highest BCUT2D eigenvalue weighted by atomic mass is 31.1. The highest BCUT2D eigenvalue weighted by Crippen LogP contribution is 2.75. The molecular weight excluding hydrogens is 470 g/mol. The third-order valence-corrected chi connectivity index (χ3v) is 19.3. The fraction of sp³-hybridized carbons (Fsp3) is 0.824. The first-order chi connectivity index (χ1) is 16.9.